The van der Waals surface area contributed by atoms with Gasteiger partial charge in [-0.15, -0.1) is 0 Å². The number of benzene rings is 1. The number of nitrogens with zero attached hydrogens (tertiary/aromatic N) is 2. The smallest absolute Gasteiger partial charge is 0.268 e. The van der Waals surface area contributed by atoms with Crippen molar-refractivity contribution < 1.29 is 14.3 Å². The van der Waals surface area contributed by atoms with Gasteiger partial charge in [0, 0.05) is 12.4 Å². The summed E-state index contributed by atoms with van der Waals surface area (Å²) >= 11 is 0. The Kier molecular flexibility index (Phi) is 4.46. The molecule has 0 bridgehead atoms. The highest BCUT2D eigenvalue weighted by Crippen LogP contribution is 2.33. The average molecular weight is 325 g/mol. The standard InChI is InChI=1S/C18H19N3O3/c1-12(14-7-9-19-10-8-14)20-17(22)11-21-15-5-3-4-6-16(15)24-13(2)18(21)23/h3-10,12-13H,11H2,1-2H3,(H,20,22)/t12-,13-/m1/s1. The molecular weight excluding hydrogens is 306 g/mol. The van der Waals surface area contributed by atoms with Gasteiger partial charge >= 0.3 is 0 Å². The van der Waals surface area contributed by atoms with E-state index >= 15 is 0 Å². The third-order valence-corrected chi connectivity index (χ3v) is 3.96. The highest BCUT2D eigenvalue weighted by molar-refractivity contribution is 6.03. The van der Waals surface area contributed by atoms with Crippen LogP contribution in [0, 0.1) is 0 Å². The molecule has 2 atom stereocenters. The number of amides is 2. The second-order valence-corrected chi connectivity index (χ2v) is 5.72. The molecule has 0 fully saturated rings. The fourth-order valence-electron chi connectivity index (χ4n) is 2.69. The minimum Gasteiger partial charge on any atom is -0.479 e. The van der Waals surface area contributed by atoms with Crippen LogP contribution in [0.3, 0.4) is 0 Å². The van der Waals surface area contributed by atoms with E-state index in [2.05, 4.69) is 10.3 Å². The van der Waals surface area contributed by atoms with Gasteiger partial charge in [-0.25, -0.2) is 0 Å². The SMILES string of the molecule is C[C@H]1Oc2ccccc2N(CC(=O)N[C@H](C)c2ccncc2)C1=O. The molecule has 0 unspecified atom stereocenters. The van der Waals surface area contributed by atoms with Crippen molar-refractivity contribution in [3.05, 3.63) is 54.4 Å². The monoisotopic (exact) mass is 325 g/mol. The van der Waals surface area contributed by atoms with Crippen molar-refractivity contribution in [2.45, 2.75) is 26.0 Å². The van der Waals surface area contributed by atoms with Gasteiger partial charge in [0.05, 0.1) is 11.7 Å². The van der Waals surface area contributed by atoms with E-state index in [-0.39, 0.29) is 24.4 Å². The van der Waals surface area contributed by atoms with E-state index in [1.165, 1.54) is 4.90 Å². The molecule has 3 rings (SSSR count). The first-order valence-corrected chi connectivity index (χ1v) is 7.82. The number of carbonyl (C=O) groups excluding carboxylic acids is 2. The first-order valence-electron chi connectivity index (χ1n) is 7.82. The molecule has 2 heterocycles. The van der Waals surface area contributed by atoms with E-state index in [4.69, 9.17) is 4.74 Å². The Morgan fingerprint density at radius 1 is 1.29 bits per heavy atom. The molecule has 124 valence electrons. The van der Waals surface area contributed by atoms with Crippen LogP contribution in [0.1, 0.15) is 25.5 Å². The number of hydrogen-bond donors (Lipinski definition) is 1. The number of rotatable bonds is 4. The molecule has 1 aromatic heterocycles. The summed E-state index contributed by atoms with van der Waals surface area (Å²) in [7, 11) is 0. The van der Waals surface area contributed by atoms with Crippen LogP contribution < -0.4 is 15.0 Å². The fourth-order valence-corrected chi connectivity index (χ4v) is 2.69. The van der Waals surface area contributed by atoms with Gasteiger partial charge in [0.2, 0.25) is 5.91 Å². The van der Waals surface area contributed by atoms with E-state index in [1.807, 2.05) is 31.2 Å². The quantitative estimate of drug-likeness (QED) is 0.934. The summed E-state index contributed by atoms with van der Waals surface area (Å²) in [5, 5.41) is 2.91. The second kappa shape index (κ2) is 6.70. The van der Waals surface area contributed by atoms with Gasteiger partial charge in [-0.1, -0.05) is 12.1 Å². The Morgan fingerprint density at radius 3 is 2.75 bits per heavy atom. The van der Waals surface area contributed by atoms with Gasteiger partial charge < -0.3 is 10.1 Å². The number of fused-ring (bicyclic) bond motifs is 1. The molecule has 0 aliphatic carbocycles. The lowest BCUT2D eigenvalue weighted by Crippen LogP contribution is -2.49. The summed E-state index contributed by atoms with van der Waals surface area (Å²) in [5.41, 5.74) is 1.58. The van der Waals surface area contributed by atoms with Gasteiger partial charge in [0.1, 0.15) is 12.3 Å². The summed E-state index contributed by atoms with van der Waals surface area (Å²) in [6, 6.07) is 10.8. The third-order valence-electron chi connectivity index (χ3n) is 3.96. The average Bonchev–Trinajstić information content (AvgIpc) is 2.59. The fraction of sp³-hybridized carbons (Fsp3) is 0.278. The Balaban J connectivity index is 1.73. The molecule has 1 aliphatic rings. The van der Waals surface area contributed by atoms with Crippen LogP contribution in [0.4, 0.5) is 5.69 Å². The van der Waals surface area contributed by atoms with Crippen molar-refractivity contribution in [1.29, 1.82) is 0 Å². The predicted octanol–water partition coefficient (Wildman–Crippen LogP) is 2.07. The van der Waals surface area contributed by atoms with Crippen LogP contribution in [0.5, 0.6) is 5.75 Å². The number of anilines is 1. The largest absolute Gasteiger partial charge is 0.479 e. The maximum absolute atomic E-state index is 12.4. The maximum atomic E-state index is 12.4. The van der Waals surface area contributed by atoms with Crippen LogP contribution in [0.15, 0.2) is 48.8 Å². The summed E-state index contributed by atoms with van der Waals surface area (Å²) < 4.78 is 5.58. The maximum Gasteiger partial charge on any atom is 0.268 e. The molecule has 24 heavy (non-hydrogen) atoms. The first-order chi connectivity index (χ1) is 11.6. The van der Waals surface area contributed by atoms with Crippen molar-refractivity contribution in [3.8, 4) is 5.75 Å². The molecule has 0 saturated carbocycles. The zero-order valence-corrected chi connectivity index (χ0v) is 13.6. The Bertz CT molecular complexity index is 748. The molecule has 1 aliphatic heterocycles. The van der Waals surface area contributed by atoms with Gasteiger partial charge in [0.25, 0.3) is 5.91 Å². The first kappa shape index (κ1) is 16.0. The number of nitrogens with one attached hydrogen (secondary N) is 1. The Labute approximate surface area is 140 Å². The van der Waals surface area contributed by atoms with Crippen LogP contribution in [-0.4, -0.2) is 29.4 Å². The zero-order chi connectivity index (χ0) is 17.1. The van der Waals surface area contributed by atoms with Gasteiger partial charge in [-0.05, 0) is 43.7 Å². The lowest BCUT2D eigenvalue weighted by molar-refractivity contribution is -0.128. The lowest BCUT2D eigenvalue weighted by Gasteiger charge is -2.32. The number of aromatic nitrogens is 1. The lowest BCUT2D eigenvalue weighted by atomic mass is 10.1. The van der Waals surface area contributed by atoms with Crippen LogP contribution in [-0.2, 0) is 9.59 Å². The number of para-hydroxylation sites is 2. The molecule has 2 aromatic rings. The van der Waals surface area contributed by atoms with E-state index < -0.39 is 6.10 Å². The zero-order valence-electron chi connectivity index (χ0n) is 13.6. The molecule has 6 nitrogen and oxygen atoms in total. The van der Waals surface area contributed by atoms with Crippen molar-refractivity contribution in [1.82, 2.24) is 10.3 Å². The van der Waals surface area contributed by atoms with Crippen molar-refractivity contribution in [2.75, 3.05) is 11.4 Å². The second-order valence-electron chi connectivity index (χ2n) is 5.72. The minimum absolute atomic E-state index is 0.0427. The molecule has 6 heteroatoms. The Hall–Kier alpha value is -2.89. The molecule has 0 saturated heterocycles. The number of carbonyl (C=O) groups is 2. The highest BCUT2D eigenvalue weighted by Gasteiger charge is 2.32. The molecule has 2 amide bonds. The summed E-state index contributed by atoms with van der Waals surface area (Å²) in [4.78, 5) is 30.2. The van der Waals surface area contributed by atoms with Crippen LogP contribution >= 0.6 is 0 Å². The van der Waals surface area contributed by atoms with Crippen LogP contribution in [0.25, 0.3) is 0 Å². The summed E-state index contributed by atoms with van der Waals surface area (Å²) in [6.45, 7) is 3.53. The van der Waals surface area contributed by atoms with Crippen molar-refractivity contribution >= 4 is 17.5 Å². The minimum atomic E-state index is -0.606. The molecule has 0 spiro atoms. The molecule has 1 N–H and O–H groups in total. The number of pyridine rings is 1. The van der Waals surface area contributed by atoms with Gasteiger partial charge in [-0.3, -0.25) is 19.5 Å². The normalized spacial score (nSPS) is 17.7. The molecule has 0 radical (unpaired) electrons. The van der Waals surface area contributed by atoms with Crippen molar-refractivity contribution in [3.63, 3.8) is 0 Å². The topological polar surface area (TPSA) is 71.5 Å². The Morgan fingerprint density at radius 2 is 2.00 bits per heavy atom. The summed E-state index contributed by atoms with van der Waals surface area (Å²) in [5.74, 6) is 0.163. The van der Waals surface area contributed by atoms with E-state index in [0.29, 0.717) is 11.4 Å². The van der Waals surface area contributed by atoms with Crippen molar-refractivity contribution in [2.24, 2.45) is 0 Å². The predicted molar refractivity (Wildman–Crippen MR) is 89.7 cm³/mol. The number of ether oxygens (including phenoxy) is 1. The third kappa shape index (κ3) is 3.22. The van der Waals surface area contributed by atoms with Gasteiger partial charge in [-0.2, -0.15) is 0 Å². The van der Waals surface area contributed by atoms with Crippen LogP contribution in [0.2, 0.25) is 0 Å². The molecular formula is C18H19N3O3. The van der Waals surface area contributed by atoms with Gasteiger partial charge in [0.15, 0.2) is 6.10 Å². The highest BCUT2D eigenvalue weighted by atomic mass is 16.5. The molecule has 1 aromatic carbocycles. The van der Waals surface area contributed by atoms with E-state index in [0.717, 1.165) is 5.56 Å². The number of hydrogen-bond acceptors (Lipinski definition) is 4. The summed E-state index contributed by atoms with van der Waals surface area (Å²) in [6.07, 6.45) is 2.76. The van der Waals surface area contributed by atoms with E-state index in [1.54, 1.807) is 31.5 Å². The van der Waals surface area contributed by atoms with E-state index in [9.17, 15) is 9.59 Å².